The van der Waals surface area contributed by atoms with Gasteiger partial charge in [0, 0.05) is 6.92 Å². The van der Waals surface area contributed by atoms with Crippen molar-refractivity contribution in [2.45, 2.75) is 19.8 Å². The molecule has 94 valence electrons. The number of ether oxygens (including phenoxy) is 2. The number of carbonyl (C=O) groups excluding carboxylic acids is 1. The van der Waals surface area contributed by atoms with Crippen molar-refractivity contribution in [3.8, 4) is 11.5 Å². The van der Waals surface area contributed by atoms with Crippen molar-refractivity contribution in [1.29, 1.82) is 0 Å². The summed E-state index contributed by atoms with van der Waals surface area (Å²) in [6.07, 6.45) is 1.49. The first-order chi connectivity index (χ1) is 8.04. The van der Waals surface area contributed by atoms with Gasteiger partial charge in [-0.1, -0.05) is 0 Å². The van der Waals surface area contributed by atoms with Gasteiger partial charge in [0.1, 0.15) is 0 Å². The number of hydrogen-bond acceptors (Lipinski definition) is 4. The molecule has 4 nitrogen and oxygen atoms in total. The molecule has 0 unspecified atom stereocenters. The highest BCUT2D eigenvalue weighted by atomic mass is 79.9. The Morgan fingerprint density at radius 3 is 2.76 bits per heavy atom. The highest BCUT2D eigenvalue weighted by molar-refractivity contribution is 9.10. The van der Waals surface area contributed by atoms with Gasteiger partial charge in [-0.2, -0.15) is 0 Å². The monoisotopic (exact) mass is 302 g/mol. The van der Waals surface area contributed by atoms with Crippen LogP contribution in [-0.2, 0) is 16.0 Å². The molecular formula is C12H15BrO4. The largest absolute Gasteiger partial charge is 0.503 e. The molecule has 0 aliphatic heterocycles. The van der Waals surface area contributed by atoms with Gasteiger partial charge in [0.05, 0.1) is 18.2 Å². The van der Waals surface area contributed by atoms with Gasteiger partial charge in [-0.05, 0) is 46.5 Å². The molecule has 0 aliphatic rings. The summed E-state index contributed by atoms with van der Waals surface area (Å²) in [7, 11) is 1.50. The Kier molecular flexibility index (Phi) is 5.28. The summed E-state index contributed by atoms with van der Waals surface area (Å²) in [4.78, 5) is 10.6. The number of esters is 1. The predicted octanol–water partition coefficient (Wildman–Crippen LogP) is 2.66. The molecule has 0 atom stereocenters. The fraction of sp³-hybridized carbons (Fsp3) is 0.417. The number of phenols is 1. The Bertz CT molecular complexity index is 404. The van der Waals surface area contributed by atoms with Crippen LogP contribution in [0.15, 0.2) is 16.6 Å². The van der Waals surface area contributed by atoms with Gasteiger partial charge in [0.25, 0.3) is 0 Å². The van der Waals surface area contributed by atoms with E-state index < -0.39 is 0 Å². The maximum Gasteiger partial charge on any atom is 0.302 e. The van der Waals surface area contributed by atoms with Crippen LogP contribution >= 0.6 is 15.9 Å². The zero-order valence-corrected chi connectivity index (χ0v) is 11.4. The number of halogens is 1. The van der Waals surface area contributed by atoms with E-state index in [1.54, 1.807) is 6.07 Å². The topological polar surface area (TPSA) is 55.8 Å². The lowest BCUT2D eigenvalue weighted by Gasteiger charge is -2.09. The van der Waals surface area contributed by atoms with Gasteiger partial charge in [0.15, 0.2) is 11.5 Å². The molecule has 0 bridgehead atoms. The fourth-order valence-corrected chi connectivity index (χ4v) is 1.91. The molecule has 0 heterocycles. The zero-order chi connectivity index (χ0) is 12.8. The summed E-state index contributed by atoms with van der Waals surface area (Å²) >= 11 is 3.25. The van der Waals surface area contributed by atoms with E-state index in [-0.39, 0.29) is 11.7 Å². The minimum atomic E-state index is -0.269. The van der Waals surface area contributed by atoms with Gasteiger partial charge >= 0.3 is 5.97 Å². The molecule has 17 heavy (non-hydrogen) atoms. The van der Waals surface area contributed by atoms with Crippen LogP contribution in [0.2, 0.25) is 0 Å². The Balaban J connectivity index is 2.59. The minimum absolute atomic E-state index is 0.0937. The zero-order valence-electron chi connectivity index (χ0n) is 9.83. The van der Waals surface area contributed by atoms with Crippen LogP contribution < -0.4 is 4.74 Å². The Morgan fingerprint density at radius 1 is 1.47 bits per heavy atom. The van der Waals surface area contributed by atoms with E-state index >= 15 is 0 Å². The lowest BCUT2D eigenvalue weighted by molar-refractivity contribution is -0.141. The average molecular weight is 303 g/mol. The van der Waals surface area contributed by atoms with E-state index in [1.807, 2.05) is 6.07 Å². The summed E-state index contributed by atoms with van der Waals surface area (Å²) in [5.41, 5.74) is 1.01. The molecule has 0 aromatic heterocycles. The summed E-state index contributed by atoms with van der Waals surface area (Å²) in [6.45, 7) is 1.79. The van der Waals surface area contributed by atoms with E-state index in [2.05, 4.69) is 15.9 Å². The number of phenolic OH excluding ortho intramolecular Hbond substituents is 1. The second kappa shape index (κ2) is 6.49. The Labute approximate surface area is 109 Å². The second-order valence-corrected chi connectivity index (χ2v) is 4.43. The third-order valence-corrected chi connectivity index (χ3v) is 2.83. The smallest absolute Gasteiger partial charge is 0.302 e. The number of aromatic hydroxyl groups is 1. The molecule has 0 saturated carbocycles. The number of aryl methyl sites for hydroxylation is 1. The normalized spacial score (nSPS) is 10.1. The maximum atomic E-state index is 10.6. The SMILES string of the molecule is COc1cc(CCCOC(C)=O)cc(Br)c1O. The standard InChI is InChI=1S/C12H15BrO4/c1-8(14)17-5-3-4-9-6-10(13)12(15)11(7-9)16-2/h6-7,15H,3-5H2,1-2H3. The summed E-state index contributed by atoms with van der Waals surface area (Å²) in [6, 6.07) is 3.60. The first-order valence-corrected chi connectivity index (χ1v) is 6.02. The summed E-state index contributed by atoms with van der Waals surface area (Å²) < 4.78 is 10.5. The van der Waals surface area contributed by atoms with Crippen LogP contribution in [0.5, 0.6) is 11.5 Å². The average Bonchev–Trinajstić information content (AvgIpc) is 2.28. The van der Waals surface area contributed by atoms with E-state index in [0.29, 0.717) is 16.8 Å². The van der Waals surface area contributed by atoms with E-state index in [4.69, 9.17) is 9.47 Å². The van der Waals surface area contributed by atoms with Gasteiger partial charge in [-0.25, -0.2) is 0 Å². The lowest BCUT2D eigenvalue weighted by Crippen LogP contribution is -2.01. The molecule has 5 heteroatoms. The van der Waals surface area contributed by atoms with E-state index in [1.165, 1.54) is 14.0 Å². The fourth-order valence-electron chi connectivity index (χ4n) is 1.42. The number of hydrogen-bond donors (Lipinski definition) is 1. The van der Waals surface area contributed by atoms with E-state index in [0.717, 1.165) is 18.4 Å². The van der Waals surface area contributed by atoms with Crippen LogP contribution in [0.4, 0.5) is 0 Å². The molecule has 1 aromatic rings. The van der Waals surface area contributed by atoms with E-state index in [9.17, 15) is 9.90 Å². The highest BCUT2D eigenvalue weighted by Crippen LogP contribution is 2.35. The molecule has 0 aliphatic carbocycles. The van der Waals surface area contributed by atoms with Gasteiger partial charge in [-0.15, -0.1) is 0 Å². The quantitative estimate of drug-likeness (QED) is 0.671. The van der Waals surface area contributed by atoms with Crippen molar-refractivity contribution in [3.63, 3.8) is 0 Å². The molecule has 0 amide bonds. The van der Waals surface area contributed by atoms with Crippen LogP contribution in [0.25, 0.3) is 0 Å². The molecule has 1 aromatic carbocycles. The van der Waals surface area contributed by atoms with Crippen molar-refractivity contribution in [3.05, 3.63) is 22.2 Å². The van der Waals surface area contributed by atoms with Gasteiger partial charge in [0.2, 0.25) is 0 Å². The summed E-state index contributed by atoms with van der Waals surface area (Å²) in [5.74, 6) is 0.257. The van der Waals surface area contributed by atoms with Crippen LogP contribution in [0.3, 0.4) is 0 Å². The van der Waals surface area contributed by atoms with Crippen LogP contribution in [0, 0.1) is 0 Å². The Hall–Kier alpha value is -1.23. The lowest BCUT2D eigenvalue weighted by atomic mass is 10.1. The van der Waals surface area contributed by atoms with Crippen molar-refractivity contribution in [2.75, 3.05) is 13.7 Å². The van der Waals surface area contributed by atoms with Crippen molar-refractivity contribution in [1.82, 2.24) is 0 Å². The van der Waals surface area contributed by atoms with Gasteiger partial charge in [-0.3, -0.25) is 4.79 Å². The second-order valence-electron chi connectivity index (χ2n) is 3.57. The highest BCUT2D eigenvalue weighted by Gasteiger charge is 2.08. The predicted molar refractivity (Wildman–Crippen MR) is 67.3 cm³/mol. The van der Waals surface area contributed by atoms with Gasteiger partial charge < -0.3 is 14.6 Å². The molecule has 0 fully saturated rings. The van der Waals surface area contributed by atoms with Crippen LogP contribution in [0.1, 0.15) is 18.9 Å². The molecule has 0 saturated heterocycles. The van der Waals surface area contributed by atoms with Crippen molar-refractivity contribution >= 4 is 21.9 Å². The number of rotatable bonds is 5. The van der Waals surface area contributed by atoms with Crippen molar-refractivity contribution in [2.24, 2.45) is 0 Å². The maximum absolute atomic E-state index is 10.6. The van der Waals surface area contributed by atoms with Crippen LogP contribution in [-0.4, -0.2) is 24.8 Å². The number of benzene rings is 1. The first-order valence-electron chi connectivity index (χ1n) is 5.23. The molecule has 1 rings (SSSR count). The number of carbonyl (C=O) groups is 1. The molecular weight excluding hydrogens is 288 g/mol. The Morgan fingerprint density at radius 2 is 2.18 bits per heavy atom. The number of methoxy groups -OCH3 is 1. The minimum Gasteiger partial charge on any atom is -0.503 e. The first kappa shape index (κ1) is 13.8. The third kappa shape index (κ3) is 4.26. The van der Waals surface area contributed by atoms with Crippen molar-refractivity contribution < 1.29 is 19.4 Å². The summed E-state index contributed by atoms with van der Waals surface area (Å²) in [5, 5.41) is 9.63. The molecule has 0 spiro atoms. The molecule has 1 N–H and O–H groups in total. The third-order valence-electron chi connectivity index (χ3n) is 2.22. The molecule has 0 radical (unpaired) electrons.